The number of phenols is 1. The first-order valence-corrected chi connectivity index (χ1v) is 11.7. The van der Waals surface area contributed by atoms with Gasteiger partial charge in [-0.15, -0.1) is 10.2 Å². The van der Waals surface area contributed by atoms with Crippen molar-refractivity contribution in [2.24, 2.45) is 5.10 Å². The SMILES string of the molecule is CC(=NNC(=O)CSc1nnc(-c2ccc(C)cc2)n1-c1ccc(C)cc1)c1ccccc1O. The Labute approximate surface area is 202 Å². The topological polar surface area (TPSA) is 92.4 Å². The number of hydrogen-bond donors (Lipinski definition) is 2. The summed E-state index contributed by atoms with van der Waals surface area (Å²) >= 11 is 1.28. The Bertz CT molecular complexity index is 1330. The number of rotatable bonds is 7. The molecule has 0 aliphatic carbocycles. The van der Waals surface area contributed by atoms with Crippen molar-refractivity contribution in [3.8, 4) is 22.8 Å². The van der Waals surface area contributed by atoms with Crippen molar-refractivity contribution in [2.45, 2.75) is 25.9 Å². The van der Waals surface area contributed by atoms with Crippen LogP contribution in [0.5, 0.6) is 5.75 Å². The van der Waals surface area contributed by atoms with Crippen LogP contribution >= 0.6 is 11.8 Å². The molecule has 3 aromatic carbocycles. The molecule has 4 rings (SSSR count). The molecule has 0 atom stereocenters. The van der Waals surface area contributed by atoms with E-state index in [0.717, 1.165) is 22.4 Å². The van der Waals surface area contributed by atoms with Gasteiger partial charge in [0.2, 0.25) is 0 Å². The lowest BCUT2D eigenvalue weighted by atomic mass is 10.1. The lowest BCUT2D eigenvalue weighted by Crippen LogP contribution is -2.21. The van der Waals surface area contributed by atoms with Gasteiger partial charge in [0.25, 0.3) is 5.91 Å². The molecule has 0 saturated heterocycles. The normalized spacial score (nSPS) is 11.4. The van der Waals surface area contributed by atoms with E-state index in [1.807, 2.05) is 66.9 Å². The fraction of sp³-hybridized carbons (Fsp3) is 0.154. The van der Waals surface area contributed by atoms with Crippen molar-refractivity contribution >= 4 is 23.4 Å². The zero-order valence-corrected chi connectivity index (χ0v) is 20.0. The standard InChI is InChI=1S/C26H25N5O2S/c1-17-8-12-20(13-9-17)25-29-30-26(31(25)21-14-10-18(2)11-15-21)34-16-24(33)28-27-19(3)22-6-4-5-7-23(22)32/h4-15,32H,16H2,1-3H3,(H,28,33). The smallest absolute Gasteiger partial charge is 0.250 e. The van der Waals surface area contributed by atoms with Crippen LogP contribution in [0.1, 0.15) is 23.6 Å². The van der Waals surface area contributed by atoms with Gasteiger partial charge in [0, 0.05) is 16.8 Å². The predicted molar refractivity (Wildman–Crippen MR) is 135 cm³/mol. The number of thioether (sulfide) groups is 1. The molecule has 0 radical (unpaired) electrons. The number of amides is 1. The molecule has 1 aromatic heterocycles. The molecule has 34 heavy (non-hydrogen) atoms. The van der Waals surface area contributed by atoms with Gasteiger partial charge in [0.05, 0.1) is 11.5 Å². The van der Waals surface area contributed by atoms with E-state index < -0.39 is 0 Å². The van der Waals surface area contributed by atoms with E-state index in [9.17, 15) is 9.90 Å². The Morgan fingerprint density at radius 1 is 0.971 bits per heavy atom. The summed E-state index contributed by atoms with van der Waals surface area (Å²) in [6, 6.07) is 23.1. The van der Waals surface area contributed by atoms with E-state index in [2.05, 4.69) is 20.7 Å². The van der Waals surface area contributed by atoms with Crippen molar-refractivity contribution in [3.05, 3.63) is 89.5 Å². The van der Waals surface area contributed by atoms with Crippen LogP contribution in [0.2, 0.25) is 0 Å². The summed E-state index contributed by atoms with van der Waals surface area (Å²) in [5, 5.41) is 23.5. The Balaban J connectivity index is 1.54. The number of carbonyl (C=O) groups is 1. The van der Waals surface area contributed by atoms with Gasteiger partial charge in [-0.25, -0.2) is 5.43 Å². The molecular weight excluding hydrogens is 446 g/mol. The molecule has 0 unspecified atom stereocenters. The fourth-order valence-corrected chi connectivity index (χ4v) is 4.07. The molecule has 172 valence electrons. The molecule has 0 spiro atoms. The van der Waals surface area contributed by atoms with Crippen molar-refractivity contribution in [1.82, 2.24) is 20.2 Å². The van der Waals surface area contributed by atoms with Crippen LogP contribution < -0.4 is 5.43 Å². The molecule has 8 heteroatoms. The van der Waals surface area contributed by atoms with E-state index in [0.29, 0.717) is 22.3 Å². The Morgan fingerprint density at radius 2 is 1.62 bits per heavy atom. The zero-order valence-electron chi connectivity index (χ0n) is 19.2. The molecule has 1 amide bonds. The minimum absolute atomic E-state index is 0.107. The average Bonchev–Trinajstić information content (AvgIpc) is 3.26. The number of hydrogen-bond acceptors (Lipinski definition) is 6. The molecule has 0 saturated carbocycles. The second-order valence-electron chi connectivity index (χ2n) is 7.88. The fourth-order valence-electron chi connectivity index (χ4n) is 3.33. The number of aryl methyl sites for hydroxylation is 2. The lowest BCUT2D eigenvalue weighted by Gasteiger charge is -2.11. The third kappa shape index (κ3) is 5.35. The minimum atomic E-state index is -0.282. The maximum atomic E-state index is 12.5. The first kappa shape index (κ1) is 23.3. The van der Waals surface area contributed by atoms with Crippen molar-refractivity contribution in [2.75, 3.05) is 5.75 Å². The molecule has 0 aliphatic heterocycles. The number of nitrogens with one attached hydrogen (secondary N) is 1. The highest BCUT2D eigenvalue weighted by atomic mass is 32.2. The van der Waals surface area contributed by atoms with E-state index in [-0.39, 0.29) is 17.4 Å². The first-order chi connectivity index (χ1) is 16.4. The highest BCUT2D eigenvalue weighted by molar-refractivity contribution is 7.99. The monoisotopic (exact) mass is 471 g/mol. The van der Waals surface area contributed by atoms with Gasteiger partial charge < -0.3 is 5.11 Å². The van der Waals surface area contributed by atoms with Gasteiger partial charge in [0.1, 0.15) is 5.75 Å². The van der Waals surface area contributed by atoms with Gasteiger partial charge in [-0.2, -0.15) is 5.10 Å². The second-order valence-corrected chi connectivity index (χ2v) is 8.82. The molecule has 0 aliphatic rings. The van der Waals surface area contributed by atoms with Gasteiger partial charge in [-0.3, -0.25) is 9.36 Å². The molecule has 7 nitrogen and oxygen atoms in total. The predicted octanol–water partition coefficient (Wildman–Crippen LogP) is 4.89. The number of hydrazone groups is 1. The summed E-state index contributed by atoms with van der Waals surface area (Å²) in [4.78, 5) is 12.5. The number of aromatic hydroxyl groups is 1. The van der Waals surface area contributed by atoms with Gasteiger partial charge in [-0.05, 0) is 45.0 Å². The Morgan fingerprint density at radius 3 is 2.29 bits per heavy atom. The second kappa shape index (κ2) is 10.4. The summed E-state index contributed by atoms with van der Waals surface area (Å²) in [6.07, 6.45) is 0. The van der Waals surface area contributed by atoms with E-state index >= 15 is 0 Å². The zero-order chi connectivity index (χ0) is 24.1. The van der Waals surface area contributed by atoms with Crippen molar-refractivity contribution in [3.63, 3.8) is 0 Å². The average molecular weight is 472 g/mol. The van der Waals surface area contributed by atoms with Crippen LogP contribution in [0, 0.1) is 13.8 Å². The van der Waals surface area contributed by atoms with Gasteiger partial charge in [-0.1, -0.05) is 71.4 Å². The number of para-hydroxylation sites is 1. The van der Waals surface area contributed by atoms with Gasteiger partial charge in [0.15, 0.2) is 11.0 Å². The van der Waals surface area contributed by atoms with Crippen LogP contribution in [-0.2, 0) is 4.79 Å². The summed E-state index contributed by atoms with van der Waals surface area (Å²) in [5.41, 5.74) is 7.81. The van der Waals surface area contributed by atoms with Crippen LogP contribution in [0.15, 0.2) is 83.1 Å². The van der Waals surface area contributed by atoms with Crippen LogP contribution in [0.3, 0.4) is 0 Å². The van der Waals surface area contributed by atoms with Crippen LogP contribution in [0.4, 0.5) is 0 Å². The van der Waals surface area contributed by atoms with Gasteiger partial charge >= 0.3 is 0 Å². The van der Waals surface area contributed by atoms with E-state index in [4.69, 9.17) is 0 Å². The Kier molecular flexibility index (Phi) is 7.08. The lowest BCUT2D eigenvalue weighted by molar-refractivity contribution is -0.118. The molecule has 1 heterocycles. The third-order valence-electron chi connectivity index (χ3n) is 5.21. The largest absolute Gasteiger partial charge is 0.507 e. The molecule has 0 bridgehead atoms. The first-order valence-electron chi connectivity index (χ1n) is 10.8. The summed E-state index contributed by atoms with van der Waals surface area (Å²) in [7, 11) is 0. The summed E-state index contributed by atoms with van der Waals surface area (Å²) < 4.78 is 1.96. The third-order valence-corrected chi connectivity index (χ3v) is 6.14. The highest BCUT2D eigenvalue weighted by Crippen LogP contribution is 2.28. The Hall–Kier alpha value is -3.91. The van der Waals surface area contributed by atoms with Crippen LogP contribution in [0.25, 0.3) is 17.1 Å². The maximum Gasteiger partial charge on any atom is 0.250 e. The quantitative estimate of drug-likeness (QED) is 0.227. The number of aromatic nitrogens is 3. The number of nitrogens with zero attached hydrogens (tertiary/aromatic N) is 4. The van der Waals surface area contributed by atoms with E-state index in [1.165, 1.54) is 11.8 Å². The molecular formula is C26H25N5O2S. The minimum Gasteiger partial charge on any atom is -0.507 e. The van der Waals surface area contributed by atoms with Crippen molar-refractivity contribution < 1.29 is 9.90 Å². The highest BCUT2D eigenvalue weighted by Gasteiger charge is 2.17. The van der Waals surface area contributed by atoms with Crippen LogP contribution in [-0.4, -0.2) is 37.2 Å². The molecule has 0 fully saturated rings. The van der Waals surface area contributed by atoms with E-state index in [1.54, 1.807) is 31.2 Å². The molecule has 2 N–H and O–H groups in total. The van der Waals surface area contributed by atoms with Crippen molar-refractivity contribution in [1.29, 1.82) is 0 Å². The summed E-state index contributed by atoms with van der Waals surface area (Å²) in [5.74, 6) is 0.646. The maximum absolute atomic E-state index is 12.5. The number of carbonyl (C=O) groups excluding carboxylic acids is 1. The molecule has 4 aromatic rings. The summed E-state index contributed by atoms with van der Waals surface area (Å²) in [6.45, 7) is 5.80. The number of benzene rings is 3. The number of phenolic OH excluding ortho intramolecular Hbond substituents is 1.